The van der Waals surface area contributed by atoms with E-state index in [1.54, 1.807) is 30.1 Å². The maximum atomic E-state index is 14.3. The fourth-order valence-electron chi connectivity index (χ4n) is 6.18. The van der Waals surface area contributed by atoms with Crippen LogP contribution in [0, 0.1) is 11.2 Å². The number of esters is 1. The summed E-state index contributed by atoms with van der Waals surface area (Å²) in [5.74, 6) is -1.42. The quantitative estimate of drug-likeness (QED) is 0.257. The van der Waals surface area contributed by atoms with E-state index in [0.717, 1.165) is 30.0 Å². The molecule has 0 amide bonds. The molecule has 10 nitrogen and oxygen atoms in total. The van der Waals surface area contributed by atoms with E-state index >= 15 is 0 Å². The number of nitrogens with one attached hydrogen (secondary N) is 1. The molecule has 12 heteroatoms. The Morgan fingerprint density at radius 1 is 1.15 bits per heavy atom. The van der Waals surface area contributed by atoms with Crippen LogP contribution in [-0.4, -0.2) is 58.7 Å². The smallest absolute Gasteiger partial charge is 0.358 e. The fourth-order valence-corrected chi connectivity index (χ4v) is 6.18. The highest BCUT2D eigenvalue weighted by Crippen LogP contribution is 2.69. The molecule has 0 aromatic carbocycles. The van der Waals surface area contributed by atoms with Crippen molar-refractivity contribution in [2.45, 2.75) is 44.9 Å². The molecule has 0 unspecified atom stereocenters. The number of alkyl halides is 1. The molecule has 3 fully saturated rings. The van der Waals surface area contributed by atoms with Gasteiger partial charge in [-0.05, 0) is 55.4 Å². The molecule has 210 valence electrons. The Morgan fingerprint density at radius 2 is 2.00 bits per heavy atom. The summed E-state index contributed by atoms with van der Waals surface area (Å²) in [5, 5.41) is 12.0. The van der Waals surface area contributed by atoms with Gasteiger partial charge in [0, 0.05) is 43.4 Å². The lowest BCUT2D eigenvalue weighted by atomic mass is 9.42. The molecule has 0 aliphatic heterocycles. The maximum absolute atomic E-state index is 14.3. The Balaban J connectivity index is 1.03. The zero-order valence-corrected chi connectivity index (χ0v) is 22.4. The SMILES string of the molecule is CCOC(=O)c1c(F)ccn1-c1cncc(-c2cn(Cc3cn4cc(CNCC56CC(F)(C5)C6)ccc4n3)nn2)c1. The Bertz CT molecular complexity index is 1750. The lowest BCUT2D eigenvalue weighted by molar-refractivity contribution is -0.209. The second kappa shape index (κ2) is 9.58. The van der Waals surface area contributed by atoms with Crippen molar-refractivity contribution in [3.05, 3.63) is 84.2 Å². The van der Waals surface area contributed by atoms with Gasteiger partial charge in [-0.15, -0.1) is 5.10 Å². The molecule has 2 bridgehead atoms. The Labute approximate surface area is 234 Å². The van der Waals surface area contributed by atoms with Crippen LogP contribution in [0.5, 0.6) is 0 Å². The minimum absolute atomic E-state index is 0.138. The number of carbonyl (C=O) groups excluding carboxylic acids is 1. The Morgan fingerprint density at radius 3 is 2.80 bits per heavy atom. The van der Waals surface area contributed by atoms with Gasteiger partial charge in [0.15, 0.2) is 11.5 Å². The monoisotopic (exact) mass is 558 g/mol. The molecule has 3 saturated carbocycles. The van der Waals surface area contributed by atoms with Gasteiger partial charge in [-0.3, -0.25) is 4.98 Å². The molecule has 41 heavy (non-hydrogen) atoms. The average molecular weight is 559 g/mol. The van der Waals surface area contributed by atoms with Crippen LogP contribution < -0.4 is 5.32 Å². The third-order valence-corrected chi connectivity index (χ3v) is 7.93. The fraction of sp³-hybridized carbons (Fsp3) is 0.345. The van der Waals surface area contributed by atoms with Gasteiger partial charge in [0.25, 0.3) is 0 Å². The first-order valence-corrected chi connectivity index (χ1v) is 13.6. The molecule has 1 N–H and O–H groups in total. The number of imidazole rings is 1. The first-order chi connectivity index (χ1) is 19.8. The van der Waals surface area contributed by atoms with Crippen molar-refractivity contribution in [1.29, 1.82) is 0 Å². The van der Waals surface area contributed by atoms with Gasteiger partial charge >= 0.3 is 5.97 Å². The highest BCUT2D eigenvalue weighted by atomic mass is 19.1. The number of nitrogens with zero attached hydrogens (tertiary/aromatic N) is 7. The molecule has 3 aliphatic carbocycles. The highest BCUT2D eigenvalue weighted by molar-refractivity contribution is 5.89. The standard InChI is InChI=1S/C29H28F2N8O2/c1-2-41-27(40)26-23(30)5-6-39(26)22-7-20(9-32-10-22)24-14-38(36-35-24)13-21-12-37-11-19(3-4-25(37)34-21)8-33-18-28-15-29(31,16-28)17-28/h3-7,9-12,14,33H,2,8,13,15-18H2,1H3. The van der Waals surface area contributed by atoms with Crippen molar-refractivity contribution in [3.8, 4) is 16.9 Å². The molecule has 5 aromatic heterocycles. The molecular weight excluding hydrogens is 530 g/mol. The number of halogens is 2. The van der Waals surface area contributed by atoms with Crippen molar-refractivity contribution in [2.75, 3.05) is 13.2 Å². The summed E-state index contributed by atoms with van der Waals surface area (Å²) in [6.07, 6.45) is 12.5. The van der Waals surface area contributed by atoms with E-state index in [9.17, 15) is 13.6 Å². The van der Waals surface area contributed by atoms with Crippen LogP contribution in [0.25, 0.3) is 22.6 Å². The van der Waals surface area contributed by atoms with Crippen LogP contribution in [0.1, 0.15) is 47.9 Å². The molecule has 0 saturated heterocycles. The minimum Gasteiger partial charge on any atom is -0.461 e. The van der Waals surface area contributed by atoms with Gasteiger partial charge in [-0.1, -0.05) is 11.3 Å². The number of fused-ring (bicyclic) bond motifs is 1. The van der Waals surface area contributed by atoms with Gasteiger partial charge in [-0.2, -0.15) is 0 Å². The van der Waals surface area contributed by atoms with Crippen molar-refractivity contribution in [3.63, 3.8) is 0 Å². The molecule has 8 rings (SSSR count). The Hall–Kier alpha value is -4.45. The second-order valence-corrected chi connectivity index (χ2v) is 11.2. The second-order valence-electron chi connectivity index (χ2n) is 11.2. The van der Waals surface area contributed by atoms with Crippen molar-refractivity contribution >= 4 is 11.6 Å². The first-order valence-electron chi connectivity index (χ1n) is 13.6. The van der Waals surface area contributed by atoms with E-state index in [1.807, 2.05) is 16.7 Å². The van der Waals surface area contributed by atoms with Crippen LogP contribution >= 0.6 is 0 Å². The third kappa shape index (κ3) is 4.67. The largest absolute Gasteiger partial charge is 0.461 e. The maximum Gasteiger partial charge on any atom is 0.358 e. The van der Waals surface area contributed by atoms with Crippen LogP contribution in [0.15, 0.2) is 61.4 Å². The number of aromatic nitrogens is 7. The number of rotatable bonds is 10. The molecule has 3 aliphatic rings. The molecule has 0 atom stereocenters. The van der Waals surface area contributed by atoms with Gasteiger partial charge in [0.1, 0.15) is 17.0 Å². The number of carbonyl (C=O) groups is 1. The van der Waals surface area contributed by atoms with Gasteiger partial charge < -0.3 is 19.0 Å². The van der Waals surface area contributed by atoms with Gasteiger partial charge in [0.2, 0.25) is 0 Å². The summed E-state index contributed by atoms with van der Waals surface area (Å²) in [6, 6.07) is 7.00. The summed E-state index contributed by atoms with van der Waals surface area (Å²) in [5.41, 5.74) is 3.63. The van der Waals surface area contributed by atoms with Crippen molar-refractivity contribution < 1.29 is 18.3 Å². The van der Waals surface area contributed by atoms with E-state index in [-0.39, 0.29) is 17.7 Å². The normalized spacial score (nSPS) is 21.0. The van der Waals surface area contributed by atoms with E-state index in [0.29, 0.717) is 42.8 Å². The predicted octanol–water partition coefficient (Wildman–Crippen LogP) is 4.12. The molecule has 0 radical (unpaired) electrons. The topological polar surface area (TPSA) is 104 Å². The molecular formula is C29H28F2N8O2. The van der Waals surface area contributed by atoms with Gasteiger partial charge in [-0.25, -0.2) is 23.2 Å². The van der Waals surface area contributed by atoms with E-state index in [2.05, 4.69) is 32.9 Å². The average Bonchev–Trinajstić information content (AvgIpc) is 3.65. The summed E-state index contributed by atoms with van der Waals surface area (Å²) >= 11 is 0. The lowest BCUT2D eigenvalue weighted by Gasteiger charge is -2.66. The number of pyridine rings is 2. The van der Waals surface area contributed by atoms with E-state index in [4.69, 9.17) is 9.72 Å². The summed E-state index contributed by atoms with van der Waals surface area (Å²) in [6.45, 7) is 3.80. The van der Waals surface area contributed by atoms with Gasteiger partial charge in [0.05, 0.1) is 36.9 Å². The Kier molecular flexibility index (Phi) is 5.96. The summed E-state index contributed by atoms with van der Waals surface area (Å²) in [4.78, 5) is 21.3. The zero-order chi connectivity index (χ0) is 28.2. The molecule has 0 spiro atoms. The summed E-state index contributed by atoms with van der Waals surface area (Å²) < 4.78 is 38.2. The van der Waals surface area contributed by atoms with E-state index < -0.39 is 17.5 Å². The van der Waals surface area contributed by atoms with Crippen LogP contribution in [0.3, 0.4) is 0 Å². The van der Waals surface area contributed by atoms with Crippen LogP contribution in [0.2, 0.25) is 0 Å². The molecule has 5 heterocycles. The number of ether oxygens (including phenoxy) is 1. The number of hydrogen-bond acceptors (Lipinski definition) is 7. The first kappa shape index (κ1) is 25.5. The number of hydrogen-bond donors (Lipinski definition) is 1. The predicted molar refractivity (Wildman–Crippen MR) is 145 cm³/mol. The lowest BCUT2D eigenvalue weighted by Crippen LogP contribution is -2.67. The zero-order valence-electron chi connectivity index (χ0n) is 22.4. The van der Waals surface area contributed by atoms with Crippen molar-refractivity contribution in [1.82, 2.24) is 39.2 Å². The highest BCUT2D eigenvalue weighted by Gasteiger charge is 2.68. The third-order valence-electron chi connectivity index (χ3n) is 7.93. The summed E-state index contributed by atoms with van der Waals surface area (Å²) in [7, 11) is 0. The van der Waals surface area contributed by atoms with Crippen LogP contribution in [0.4, 0.5) is 8.78 Å². The van der Waals surface area contributed by atoms with Crippen molar-refractivity contribution in [2.24, 2.45) is 5.41 Å². The van der Waals surface area contributed by atoms with Crippen LogP contribution in [-0.2, 0) is 17.8 Å². The molecule has 5 aromatic rings. The van der Waals surface area contributed by atoms with E-state index in [1.165, 1.54) is 23.0 Å². The minimum atomic E-state index is -0.863.